The molecule has 4 rings (SSSR count). The Balaban J connectivity index is 1.71. The van der Waals surface area contributed by atoms with Gasteiger partial charge in [0.2, 0.25) is 0 Å². The van der Waals surface area contributed by atoms with Crippen molar-refractivity contribution in [1.29, 1.82) is 5.26 Å². The van der Waals surface area contributed by atoms with Crippen molar-refractivity contribution in [3.05, 3.63) is 113 Å². The topological polar surface area (TPSA) is 62.1 Å². The second kappa shape index (κ2) is 10.1. The fourth-order valence-electron chi connectivity index (χ4n) is 3.61. The van der Waals surface area contributed by atoms with Crippen LogP contribution in [0.3, 0.4) is 0 Å². The molecule has 0 aromatic heterocycles. The van der Waals surface area contributed by atoms with Crippen LogP contribution in [0.15, 0.2) is 96.6 Å². The number of carbonyl (C=O) groups is 1. The van der Waals surface area contributed by atoms with E-state index in [9.17, 15) is 23.2 Å². The monoisotopic (exact) mass is 472 g/mol. The van der Waals surface area contributed by atoms with Crippen LogP contribution >= 0.6 is 0 Å². The first kappa shape index (κ1) is 23.6. The summed E-state index contributed by atoms with van der Waals surface area (Å²) in [5.74, 6) is -0.519. The highest BCUT2D eigenvalue weighted by molar-refractivity contribution is 6.11. The highest BCUT2D eigenvalue weighted by Gasteiger charge is 2.33. The van der Waals surface area contributed by atoms with Gasteiger partial charge in [0.1, 0.15) is 24.0 Å². The zero-order valence-electron chi connectivity index (χ0n) is 18.3. The minimum absolute atomic E-state index is 0.257. The van der Waals surface area contributed by atoms with E-state index in [2.05, 4.69) is 5.32 Å². The maximum absolute atomic E-state index is 13.3. The van der Waals surface area contributed by atoms with E-state index in [0.717, 1.165) is 28.5 Å². The third-order valence-corrected chi connectivity index (χ3v) is 5.30. The van der Waals surface area contributed by atoms with E-state index in [-0.39, 0.29) is 12.2 Å². The molecule has 0 aliphatic carbocycles. The molecule has 1 N–H and O–H groups in total. The molecule has 0 saturated heterocycles. The number of alkyl halides is 3. The largest absolute Gasteiger partial charge is 0.488 e. The van der Waals surface area contributed by atoms with Gasteiger partial charge in [-0.25, -0.2) is 0 Å². The first-order chi connectivity index (χ1) is 16.9. The average molecular weight is 472 g/mol. The maximum Gasteiger partial charge on any atom is 0.418 e. The Hall–Kier alpha value is -4.57. The van der Waals surface area contributed by atoms with E-state index < -0.39 is 23.3 Å². The Kier molecular flexibility index (Phi) is 6.83. The lowest BCUT2D eigenvalue weighted by atomic mass is 10.0. The molecule has 1 amide bonds. The lowest BCUT2D eigenvalue weighted by Gasteiger charge is -2.14. The molecule has 0 bridgehead atoms. The van der Waals surface area contributed by atoms with Gasteiger partial charge in [0.25, 0.3) is 5.91 Å². The molecule has 0 radical (unpaired) electrons. The van der Waals surface area contributed by atoms with Gasteiger partial charge >= 0.3 is 6.18 Å². The second-order valence-electron chi connectivity index (χ2n) is 7.64. The molecule has 4 aromatic rings. The standard InChI is InChI=1S/C28H19F3N2O2/c29-28(30,31)24-12-6-7-13-25(24)33-27(34)21(17-32)16-23-22-11-5-4-10-20(22)14-15-26(23)35-18-19-8-2-1-3-9-19/h1-16H,18H2,(H,33,34)/b21-16+. The van der Waals surface area contributed by atoms with Crippen LogP contribution in [-0.4, -0.2) is 5.91 Å². The molecule has 0 heterocycles. The molecule has 4 nitrogen and oxygen atoms in total. The number of hydrogen-bond acceptors (Lipinski definition) is 3. The Bertz CT molecular complexity index is 1440. The number of anilines is 1. The number of ether oxygens (including phenoxy) is 1. The summed E-state index contributed by atoms with van der Waals surface area (Å²) in [5, 5.41) is 13.5. The molecule has 0 unspecified atom stereocenters. The molecule has 7 heteroatoms. The summed E-state index contributed by atoms with van der Waals surface area (Å²) in [6, 6.07) is 26.9. The van der Waals surface area contributed by atoms with Gasteiger partial charge in [-0.15, -0.1) is 0 Å². The minimum Gasteiger partial charge on any atom is -0.488 e. The lowest BCUT2D eigenvalue weighted by molar-refractivity contribution is -0.137. The third-order valence-electron chi connectivity index (χ3n) is 5.30. The molecule has 0 fully saturated rings. The van der Waals surface area contributed by atoms with Crippen LogP contribution in [0.5, 0.6) is 5.75 Å². The van der Waals surface area contributed by atoms with Gasteiger partial charge in [-0.1, -0.05) is 72.8 Å². The minimum atomic E-state index is -4.66. The number of benzene rings is 4. The van der Waals surface area contributed by atoms with Crippen molar-refractivity contribution in [2.75, 3.05) is 5.32 Å². The average Bonchev–Trinajstić information content (AvgIpc) is 2.86. The molecular weight excluding hydrogens is 453 g/mol. The smallest absolute Gasteiger partial charge is 0.418 e. The van der Waals surface area contributed by atoms with Crippen LogP contribution in [0.1, 0.15) is 16.7 Å². The predicted molar refractivity (Wildman–Crippen MR) is 128 cm³/mol. The number of rotatable bonds is 6. The van der Waals surface area contributed by atoms with Crippen molar-refractivity contribution in [3.8, 4) is 11.8 Å². The number of nitriles is 1. The quantitative estimate of drug-likeness (QED) is 0.243. The van der Waals surface area contributed by atoms with E-state index in [4.69, 9.17) is 4.74 Å². The first-order valence-corrected chi connectivity index (χ1v) is 10.6. The van der Waals surface area contributed by atoms with Crippen LogP contribution in [0.4, 0.5) is 18.9 Å². The molecule has 4 aromatic carbocycles. The summed E-state index contributed by atoms with van der Waals surface area (Å²) in [7, 11) is 0. The summed E-state index contributed by atoms with van der Waals surface area (Å²) < 4.78 is 46.0. The normalized spacial score (nSPS) is 11.7. The number of fused-ring (bicyclic) bond motifs is 1. The van der Waals surface area contributed by atoms with Crippen molar-refractivity contribution < 1.29 is 22.7 Å². The Morgan fingerprint density at radius 1 is 0.914 bits per heavy atom. The summed E-state index contributed by atoms with van der Waals surface area (Å²) >= 11 is 0. The van der Waals surface area contributed by atoms with Crippen LogP contribution in [0.2, 0.25) is 0 Å². The fourth-order valence-corrected chi connectivity index (χ4v) is 3.61. The van der Waals surface area contributed by atoms with Gasteiger partial charge in [0.05, 0.1) is 11.3 Å². The van der Waals surface area contributed by atoms with Crippen molar-refractivity contribution in [1.82, 2.24) is 0 Å². The summed E-state index contributed by atoms with van der Waals surface area (Å²) in [6.45, 7) is 0.257. The van der Waals surface area contributed by atoms with E-state index in [0.29, 0.717) is 11.3 Å². The molecule has 0 aliphatic rings. The molecular formula is C28H19F3N2O2. The van der Waals surface area contributed by atoms with Crippen molar-refractivity contribution in [2.24, 2.45) is 0 Å². The predicted octanol–water partition coefficient (Wildman–Crippen LogP) is 6.98. The number of nitrogens with zero attached hydrogens (tertiary/aromatic N) is 1. The number of halogens is 3. The van der Waals surface area contributed by atoms with Crippen LogP contribution in [0.25, 0.3) is 16.8 Å². The van der Waals surface area contributed by atoms with E-state index in [1.165, 1.54) is 18.2 Å². The molecule has 0 saturated carbocycles. The molecule has 0 spiro atoms. The van der Waals surface area contributed by atoms with Gasteiger partial charge in [-0.2, -0.15) is 18.4 Å². The third kappa shape index (κ3) is 5.50. The number of amides is 1. The van der Waals surface area contributed by atoms with Crippen LogP contribution in [-0.2, 0) is 17.6 Å². The van der Waals surface area contributed by atoms with Gasteiger partial charge in [-0.05, 0) is 40.6 Å². The van der Waals surface area contributed by atoms with E-state index in [1.54, 1.807) is 12.1 Å². The molecule has 0 aliphatic heterocycles. The van der Waals surface area contributed by atoms with Gasteiger partial charge in [-0.3, -0.25) is 4.79 Å². The summed E-state index contributed by atoms with van der Waals surface area (Å²) in [6.07, 6.45) is -3.32. The van der Waals surface area contributed by atoms with E-state index >= 15 is 0 Å². The molecule has 35 heavy (non-hydrogen) atoms. The lowest BCUT2D eigenvalue weighted by Crippen LogP contribution is -2.17. The SMILES string of the molecule is N#C/C(=C\c1c(OCc2ccccc2)ccc2ccccc12)C(=O)Nc1ccccc1C(F)(F)F. The van der Waals surface area contributed by atoms with Crippen molar-refractivity contribution in [2.45, 2.75) is 12.8 Å². The highest BCUT2D eigenvalue weighted by Crippen LogP contribution is 2.35. The van der Waals surface area contributed by atoms with Crippen molar-refractivity contribution >= 4 is 28.4 Å². The molecule has 0 atom stereocenters. The maximum atomic E-state index is 13.3. The molecule has 174 valence electrons. The zero-order valence-corrected chi connectivity index (χ0v) is 18.3. The number of hydrogen-bond donors (Lipinski definition) is 1. The number of para-hydroxylation sites is 1. The van der Waals surface area contributed by atoms with Gasteiger partial charge in [0, 0.05) is 5.56 Å². The van der Waals surface area contributed by atoms with Crippen LogP contribution < -0.4 is 10.1 Å². The highest BCUT2D eigenvalue weighted by atomic mass is 19.4. The summed E-state index contributed by atoms with van der Waals surface area (Å²) in [4.78, 5) is 12.8. The van der Waals surface area contributed by atoms with Gasteiger partial charge < -0.3 is 10.1 Å². The zero-order chi connectivity index (χ0) is 24.8. The number of carbonyl (C=O) groups excluding carboxylic acids is 1. The Morgan fingerprint density at radius 2 is 1.60 bits per heavy atom. The number of nitrogens with one attached hydrogen (secondary N) is 1. The Labute approximate surface area is 199 Å². The second-order valence-corrected chi connectivity index (χ2v) is 7.64. The first-order valence-electron chi connectivity index (χ1n) is 10.6. The van der Waals surface area contributed by atoms with Crippen LogP contribution in [0, 0.1) is 11.3 Å². The van der Waals surface area contributed by atoms with Crippen molar-refractivity contribution in [3.63, 3.8) is 0 Å². The van der Waals surface area contributed by atoms with E-state index in [1.807, 2.05) is 60.7 Å². The summed E-state index contributed by atoms with van der Waals surface area (Å²) in [5.41, 5.74) is -0.373. The Morgan fingerprint density at radius 3 is 2.34 bits per heavy atom. The van der Waals surface area contributed by atoms with Gasteiger partial charge in [0.15, 0.2) is 0 Å². The fraction of sp³-hybridized carbons (Fsp3) is 0.0714.